The summed E-state index contributed by atoms with van der Waals surface area (Å²) >= 11 is 0. The Morgan fingerprint density at radius 2 is 1.79 bits per heavy atom. The molecule has 1 aromatic rings. The van der Waals surface area contributed by atoms with Crippen molar-refractivity contribution in [3.8, 4) is 0 Å². The number of urea groups is 1. The topological polar surface area (TPSA) is 61.9 Å². The number of carbonyl (C=O) groups excluding carboxylic acids is 2. The first-order valence-corrected chi connectivity index (χ1v) is 9.14. The van der Waals surface area contributed by atoms with Gasteiger partial charge in [-0.2, -0.15) is 13.2 Å². The van der Waals surface area contributed by atoms with Crippen molar-refractivity contribution in [2.24, 2.45) is 11.3 Å². The molecule has 2 aliphatic rings. The maximum atomic E-state index is 12.7. The third kappa shape index (κ3) is 4.09. The van der Waals surface area contributed by atoms with E-state index in [4.69, 9.17) is 4.74 Å². The summed E-state index contributed by atoms with van der Waals surface area (Å²) in [5.41, 5.74) is -0.817. The lowest BCUT2D eigenvalue weighted by Gasteiger charge is -2.37. The highest BCUT2D eigenvalue weighted by Crippen LogP contribution is 2.45. The number of likely N-dealkylation sites (tertiary alicyclic amines) is 1. The molecule has 0 saturated carbocycles. The first-order chi connectivity index (χ1) is 13.1. The van der Waals surface area contributed by atoms with Crippen molar-refractivity contribution in [2.45, 2.75) is 19.0 Å². The van der Waals surface area contributed by atoms with Gasteiger partial charge in [0.05, 0.1) is 11.5 Å². The van der Waals surface area contributed by atoms with Crippen LogP contribution in [0.2, 0.25) is 0 Å². The molecule has 2 heterocycles. The zero-order chi connectivity index (χ0) is 20.5. The minimum Gasteiger partial charge on any atom is -0.381 e. The Morgan fingerprint density at radius 3 is 2.32 bits per heavy atom. The summed E-state index contributed by atoms with van der Waals surface area (Å²) in [7, 11) is 3.39. The van der Waals surface area contributed by atoms with Crippen LogP contribution in [0, 0.1) is 11.3 Å². The lowest BCUT2D eigenvalue weighted by atomic mass is 9.71. The number of rotatable bonds is 2. The van der Waals surface area contributed by atoms with E-state index in [2.05, 4.69) is 5.32 Å². The van der Waals surface area contributed by atoms with Crippen molar-refractivity contribution in [3.63, 3.8) is 0 Å². The van der Waals surface area contributed by atoms with Gasteiger partial charge in [0.2, 0.25) is 5.91 Å². The summed E-state index contributed by atoms with van der Waals surface area (Å²) in [5, 5.41) is 2.64. The largest absolute Gasteiger partial charge is 0.416 e. The maximum Gasteiger partial charge on any atom is 0.416 e. The van der Waals surface area contributed by atoms with E-state index in [1.165, 1.54) is 12.1 Å². The normalized spacial score (nSPS) is 21.6. The Bertz CT molecular complexity index is 728. The number of benzene rings is 1. The third-order valence-electron chi connectivity index (χ3n) is 5.63. The molecule has 2 fully saturated rings. The number of halogens is 3. The van der Waals surface area contributed by atoms with Crippen molar-refractivity contribution in [1.82, 2.24) is 9.80 Å². The van der Waals surface area contributed by atoms with E-state index in [9.17, 15) is 22.8 Å². The standard InChI is InChI=1S/C19H24F3N3O3/c1-24(2)16(26)15-11-25(12-18(15)7-9-28-10-8-18)17(27)23-14-5-3-13(4-6-14)19(20,21)22/h3-6,15H,7-12H2,1-2H3,(H,23,27). The van der Waals surface area contributed by atoms with Gasteiger partial charge < -0.3 is 19.9 Å². The Labute approximate surface area is 161 Å². The summed E-state index contributed by atoms with van der Waals surface area (Å²) in [6.07, 6.45) is -3.03. The molecule has 2 aliphatic heterocycles. The highest BCUT2D eigenvalue weighted by molar-refractivity contribution is 5.90. The molecule has 3 amide bonds. The van der Waals surface area contributed by atoms with Gasteiger partial charge in [-0.15, -0.1) is 0 Å². The fraction of sp³-hybridized carbons (Fsp3) is 0.579. The van der Waals surface area contributed by atoms with Crippen molar-refractivity contribution >= 4 is 17.6 Å². The monoisotopic (exact) mass is 399 g/mol. The van der Waals surface area contributed by atoms with Gasteiger partial charge in [0.1, 0.15) is 0 Å². The third-order valence-corrected chi connectivity index (χ3v) is 5.63. The number of nitrogens with one attached hydrogen (secondary N) is 1. The number of hydrogen-bond donors (Lipinski definition) is 1. The molecule has 1 atom stereocenters. The van der Waals surface area contributed by atoms with Crippen molar-refractivity contribution in [3.05, 3.63) is 29.8 Å². The summed E-state index contributed by atoms with van der Waals surface area (Å²) in [6, 6.07) is 3.89. The molecular weight excluding hydrogens is 375 g/mol. The molecule has 6 nitrogen and oxygen atoms in total. The molecule has 154 valence electrons. The van der Waals surface area contributed by atoms with Gasteiger partial charge in [-0.25, -0.2) is 4.79 Å². The quantitative estimate of drug-likeness (QED) is 0.832. The molecule has 0 aromatic heterocycles. The van der Waals surface area contributed by atoms with Crippen LogP contribution in [0.1, 0.15) is 18.4 Å². The van der Waals surface area contributed by atoms with Crippen molar-refractivity contribution in [1.29, 1.82) is 0 Å². The van der Waals surface area contributed by atoms with Crippen LogP contribution < -0.4 is 5.32 Å². The van der Waals surface area contributed by atoms with Crippen LogP contribution in [0.15, 0.2) is 24.3 Å². The van der Waals surface area contributed by atoms with Crippen LogP contribution in [0.5, 0.6) is 0 Å². The van der Waals surface area contributed by atoms with Gasteiger partial charge in [-0.3, -0.25) is 4.79 Å². The molecule has 2 saturated heterocycles. The molecule has 9 heteroatoms. The van der Waals surface area contributed by atoms with Crippen LogP contribution >= 0.6 is 0 Å². The highest BCUT2D eigenvalue weighted by atomic mass is 19.4. The van der Waals surface area contributed by atoms with Crippen LogP contribution in [-0.4, -0.2) is 62.1 Å². The Hall–Kier alpha value is -2.29. The number of alkyl halides is 3. The predicted molar refractivity (Wildman–Crippen MR) is 96.7 cm³/mol. The number of amides is 3. The number of ether oxygens (including phenoxy) is 1. The average molecular weight is 399 g/mol. The zero-order valence-electron chi connectivity index (χ0n) is 15.9. The minimum absolute atomic E-state index is 0.0215. The zero-order valence-corrected chi connectivity index (χ0v) is 15.9. The molecule has 1 N–H and O–H groups in total. The van der Waals surface area contributed by atoms with Crippen LogP contribution in [0.4, 0.5) is 23.7 Å². The molecule has 28 heavy (non-hydrogen) atoms. The van der Waals surface area contributed by atoms with Gasteiger partial charge >= 0.3 is 12.2 Å². The second-order valence-electron chi connectivity index (χ2n) is 7.65. The summed E-state index contributed by atoms with van der Waals surface area (Å²) < 4.78 is 43.5. The summed E-state index contributed by atoms with van der Waals surface area (Å²) in [6.45, 7) is 1.80. The fourth-order valence-corrected chi connectivity index (χ4v) is 4.00. The second kappa shape index (κ2) is 7.62. The van der Waals surface area contributed by atoms with E-state index < -0.39 is 17.8 Å². The smallest absolute Gasteiger partial charge is 0.381 e. The van der Waals surface area contributed by atoms with Gasteiger partial charge in [-0.1, -0.05) is 0 Å². The fourth-order valence-electron chi connectivity index (χ4n) is 4.00. The van der Waals surface area contributed by atoms with Gasteiger partial charge in [-0.05, 0) is 37.1 Å². The lowest BCUT2D eigenvalue weighted by molar-refractivity contribution is -0.138. The van der Waals surface area contributed by atoms with Crippen LogP contribution in [0.3, 0.4) is 0 Å². The van der Waals surface area contributed by atoms with Crippen molar-refractivity contribution in [2.75, 3.05) is 45.7 Å². The Kier molecular flexibility index (Phi) is 5.56. The lowest BCUT2D eigenvalue weighted by Crippen LogP contribution is -2.44. The number of hydrogen-bond acceptors (Lipinski definition) is 3. The molecule has 3 rings (SSSR count). The van der Waals surface area contributed by atoms with E-state index >= 15 is 0 Å². The van der Waals surface area contributed by atoms with E-state index in [0.29, 0.717) is 32.6 Å². The highest BCUT2D eigenvalue weighted by Gasteiger charge is 2.52. The predicted octanol–water partition coefficient (Wildman–Crippen LogP) is 3.05. The van der Waals surface area contributed by atoms with E-state index in [1.807, 2.05) is 0 Å². The SMILES string of the molecule is CN(C)C(=O)C1CN(C(=O)Nc2ccc(C(F)(F)F)cc2)CC12CCOCC2. The molecular formula is C19H24F3N3O3. The Balaban J connectivity index is 1.72. The summed E-state index contributed by atoms with van der Waals surface area (Å²) in [4.78, 5) is 28.5. The van der Waals surface area contributed by atoms with Gasteiger partial charge in [0.15, 0.2) is 0 Å². The molecule has 1 spiro atoms. The van der Waals surface area contributed by atoms with E-state index in [1.54, 1.807) is 23.9 Å². The first-order valence-electron chi connectivity index (χ1n) is 9.14. The van der Waals surface area contributed by atoms with Crippen LogP contribution in [0.25, 0.3) is 0 Å². The average Bonchev–Trinajstić information content (AvgIpc) is 3.00. The number of anilines is 1. The molecule has 1 aromatic carbocycles. The number of nitrogens with zero attached hydrogens (tertiary/aromatic N) is 2. The van der Waals surface area contributed by atoms with Gasteiger partial charge in [0.25, 0.3) is 0 Å². The van der Waals surface area contributed by atoms with E-state index in [0.717, 1.165) is 12.1 Å². The molecule has 0 aliphatic carbocycles. The maximum absolute atomic E-state index is 12.7. The number of carbonyl (C=O) groups is 2. The first kappa shape index (κ1) is 20.4. The molecule has 0 radical (unpaired) electrons. The summed E-state index contributed by atoms with van der Waals surface area (Å²) in [5.74, 6) is -0.337. The van der Waals surface area contributed by atoms with Crippen molar-refractivity contribution < 1.29 is 27.5 Å². The molecule has 0 bridgehead atoms. The second-order valence-corrected chi connectivity index (χ2v) is 7.65. The minimum atomic E-state index is -4.42. The molecule has 1 unspecified atom stereocenters. The van der Waals surface area contributed by atoms with Crippen LogP contribution in [-0.2, 0) is 15.7 Å². The van der Waals surface area contributed by atoms with Gasteiger partial charge in [0, 0.05) is 51.5 Å². The Morgan fingerprint density at radius 1 is 1.18 bits per heavy atom. The van der Waals surface area contributed by atoms with E-state index in [-0.39, 0.29) is 29.5 Å².